The molecular weight excluding hydrogens is 426 g/mol. The lowest BCUT2D eigenvalue weighted by Gasteiger charge is -2.19. The van der Waals surface area contributed by atoms with E-state index < -0.39 is 0 Å². The summed E-state index contributed by atoms with van der Waals surface area (Å²) in [6.07, 6.45) is 2.37. The van der Waals surface area contributed by atoms with Crippen LogP contribution in [-0.2, 0) is 13.0 Å². The lowest BCUT2D eigenvalue weighted by Crippen LogP contribution is -2.24. The van der Waals surface area contributed by atoms with Gasteiger partial charge in [0.2, 0.25) is 0 Å². The second-order valence-electron chi connectivity index (χ2n) is 7.51. The van der Waals surface area contributed by atoms with Crippen molar-refractivity contribution in [3.8, 4) is 17.0 Å². The maximum Gasteiger partial charge on any atom is 0.251 e. The molecule has 2 heterocycles. The Bertz CT molecular complexity index is 1250. The van der Waals surface area contributed by atoms with Crippen LogP contribution in [0, 0.1) is 6.92 Å². The van der Waals surface area contributed by atoms with E-state index in [1.54, 1.807) is 14.0 Å². The molecule has 0 saturated carbocycles. The number of ether oxygens (including phenoxy) is 1. The van der Waals surface area contributed by atoms with Gasteiger partial charge in [-0.1, -0.05) is 35.9 Å². The quantitative estimate of drug-likeness (QED) is 0.374. The fraction of sp³-hybridized carbons (Fsp3) is 0.208. The standard InChI is InChI=1S/C24H24ClN5O2/c1-15-28-20(12-23(31)29-15)11-22(16-6-8-19(25)9-7-16)26-13-18-14-27-30-24(18)17-4-3-5-21(10-17)32-2/h3-10,12,14,22,26H,11,13H2,1-2H3,(H,27,30)(H,28,29,31)/t22-/m1/s1. The predicted octanol–water partition coefficient (Wildman–Crippen LogP) is 4.20. The molecule has 0 bridgehead atoms. The molecule has 0 aliphatic rings. The van der Waals surface area contributed by atoms with Crippen molar-refractivity contribution >= 4 is 11.6 Å². The van der Waals surface area contributed by atoms with Gasteiger partial charge in [-0.05, 0) is 36.8 Å². The first kappa shape index (κ1) is 21.8. The molecule has 8 heteroatoms. The van der Waals surface area contributed by atoms with E-state index in [2.05, 4.69) is 25.5 Å². The first-order chi connectivity index (χ1) is 15.5. The highest BCUT2D eigenvalue weighted by Gasteiger charge is 2.16. The van der Waals surface area contributed by atoms with Gasteiger partial charge in [0.15, 0.2) is 0 Å². The zero-order valence-electron chi connectivity index (χ0n) is 17.9. The Kier molecular flexibility index (Phi) is 6.68. The van der Waals surface area contributed by atoms with E-state index >= 15 is 0 Å². The van der Waals surface area contributed by atoms with Crippen molar-refractivity contribution in [2.75, 3.05) is 7.11 Å². The summed E-state index contributed by atoms with van der Waals surface area (Å²) in [6.45, 7) is 2.35. The molecule has 164 valence electrons. The maximum absolute atomic E-state index is 11.9. The van der Waals surface area contributed by atoms with Gasteiger partial charge in [-0.15, -0.1) is 0 Å². The lowest BCUT2D eigenvalue weighted by atomic mass is 10.0. The molecule has 0 aliphatic carbocycles. The molecular formula is C24H24ClN5O2. The van der Waals surface area contributed by atoms with E-state index in [1.807, 2.05) is 54.7 Å². The van der Waals surface area contributed by atoms with E-state index in [9.17, 15) is 4.79 Å². The molecule has 4 aromatic rings. The average Bonchev–Trinajstić information content (AvgIpc) is 3.25. The minimum atomic E-state index is -0.155. The Hall–Kier alpha value is -3.42. The molecule has 1 atom stereocenters. The van der Waals surface area contributed by atoms with E-state index in [4.69, 9.17) is 16.3 Å². The summed E-state index contributed by atoms with van der Waals surface area (Å²) in [5, 5.41) is 11.6. The molecule has 0 aliphatic heterocycles. The average molecular weight is 450 g/mol. The number of aromatic nitrogens is 4. The van der Waals surface area contributed by atoms with Crippen molar-refractivity contribution in [3.63, 3.8) is 0 Å². The number of methoxy groups -OCH3 is 1. The van der Waals surface area contributed by atoms with Gasteiger partial charge in [0, 0.05) is 46.9 Å². The number of hydrogen-bond acceptors (Lipinski definition) is 5. The van der Waals surface area contributed by atoms with Crippen molar-refractivity contribution < 1.29 is 4.74 Å². The van der Waals surface area contributed by atoms with Crippen LogP contribution in [0.2, 0.25) is 5.02 Å². The fourth-order valence-electron chi connectivity index (χ4n) is 3.66. The summed E-state index contributed by atoms with van der Waals surface area (Å²) < 4.78 is 5.35. The lowest BCUT2D eigenvalue weighted by molar-refractivity contribution is 0.415. The summed E-state index contributed by atoms with van der Waals surface area (Å²) in [7, 11) is 1.65. The van der Waals surface area contributed by atoms with Gasteiger partial charge in [-0.2, -0.15) is 5.10 Å². The van der Waals surface area contributed by atoms with Gasteiger partial charge in [-0.3, -0.25) is 9.89 Å². The largest absolute Gasteiger partial charge is 0.497 e. The molecule has 4 rings (SSSR count). The van der Waals surface area contributed by atoms with Crippen molar-refractivity contribution in [1.82, 2.24) is 25.5 Å². The topological polar surface area (TPSA) is 95.7 Å². The highest BCUT2D eigenvalue weighted by Crippen LogP contribution is 2.26. The van der Waals surface area contributed by atoms with E-state index in [-0.39, 0.29) is 11.6 Å². The molecule has 2 aromatic heterocycles. The van der Waals surface area contributed by atoms with Gasteiger partial charge < -0.3 is 15.0 Å². The third-order valence-electron chi connectivity index (χ3n) is 5.21. The smallest absolute Gasteiger partial charge is 0.251 e. The maximum atomic E-state index is 11.9. The second kappa shape index (κ2) is 9.80. The van der Waals surface area contributed by atoms with Crippen molar-refractivity contribution in [1.29, 1.82) is 0 Å². The summed E-state index contributed by atoms with van der Waals surface area (Å²) in [6, 6.07) is 17.0. The highest BCUT2D eigenvalue weighted by atomic mass is 35.5. The molecule has 3 N–H and O–H groups in total. The predicted molar refractivity (Wildman–Crippen MR) is 125 cm³/mol. The van der Waals surface area contributed by atoms with Crippen LogP contribution >= 0.6 is 11.6 Å². The summed E-state index contributed by atoms with van der Waals surface area (Å²) in [5.41, 5.74) is 4.56. The minimum Gasteiger partial charge on any atom is -0.497 e. The Morgan fingerprint density at radius 2 is 1.97 bits per heavy atom. The van der Waals surface area contributed by atoms with Gasteiger partial charge >= 0.3 is 0 Å². The number of nitrogens with one attached hydrogen (secondary N) is 3. The molecule has 0 radical (unpaired) electrons. The second-order valence-corrected chi connectivity index (χ2v) is 7.95. The van der Waals surface area contributed by atoms with Gasteiger partial charge in [0.1, 0.15) is 11.6 Å². The van der Waals surface area contributed by atoms with Gasteiger partial charge in [-0.25, -0.2) is 4.98 Å². The third-order valence-corrected chi connectivity index (χ3v) is 5.47. The molecule has 0 spiro atoms. The summed E-state index contributed by atoms with van der Waals surface area (Å²) in [4.78, 5) is 19.1. The number of hydrogen-bond donors (Lipinski definition) is 3. The van der Waals surface area contributed by atoms with Crippen LogP contribution in [0.3, 0.4) is 0 Å². The fourth-order valence-corrected chi connectivity index (χ4v) is 3.79. The molecule has 2 aromatic carbocycles. The normalized spacial score (nSPS) is 12.0. The number of benzene rings is 2. The van der Waals surface area contributed by atoms with Crippen LogP contribution < -0.4 is 15.6 Å². The summed E-state index contributed by atoms with van der Waals surface area (Å²) in [5.74, 6) is 1.38. The molecule has 0 unspecified atom stereocenters. The van der Waals surface area contributed by atoms with Crippen LogP contribution in [0.25, 0.3) is 11.3 Å². The third kappa shape index (κ3) is 5.25. The minimum absolute atomic E-state index is 0.0750. The van der Waals surface area contributed by atoms with Gasteiger partial charge in [0.05, 0.1) is 19.0 Å². The SMILES string of the molecule is COc1cccc(-c2[nH]ncc2CN[C@H](Cc2cc(=O)[nH]c(C)n2)c2ccc(Cl)cc2)c1. The number of H-pyrrole nitrogens is 2. The van der Waals surface area contributed by atoms with Crippen LogP contribution in [0.5, 0.6) is 5.75 Å². The Morgan fingerprint density at radius 1 is 1.16 bits per heavy atom. The van der Waals surface area contributed by atoms with Gasteiger partial charge in [0.25, 0.3) is 5.56 Å². The number of aromatic amines is 2. The van der Waals surface area contributed by atoms with E-state index in [0.29, 0.717) is 23.8 Å². The Labute approximate surface area is 190 Å². The molecule has 32 heavy (non-hydrogen) atoms. The molecule has 0 saturated heterocycles. The van der Waals surface area contributed by atoms with Crippen LogP contribution in [0.1, 0.15) is 28.7 Å². The summed E-state index contributed by atoms with van der Waals surface area (Å²) >= 11 is 6.09. The first-order valence-corrected chi connectivity index (χ1v) is 10.6. The van der Waals surface area contributed by atoms with Crippen molar-refractivity contribution in [2.24, 2.45) is 0 Å². The number of aryl methyl sites for hydroxylation is 1. The Morgan fingerprint density at radius 3 is 2.72 bits per heavy atom. The van der Waals surface area contributed by atoms with Crippen LogP contribution in [0.4, 0.5) is 0 Å². The van der Waals surface area contributed by atoms with Crippen LogP contribution in [-0.4, -0.2) is 27.3 Å². The van der Waals surface area contributed by atoms with Crippen molar-refractivity contribution in [3.05, 3.63) is 98.8 Å². The zero-order chi connectivity index (χ0) is 22.5. The number of nitrogens with zero attached hydrogens (tertiary/aromatic N) is 2. The number of rotatable bonds is 8. The van der Waals surface area contributed by atoms with Crippen LogP contribution in [0.15, 0.2) is 65.6 Å². The molecule has 0 amide bonds. The first-order valence-electron chi connectivity index (χ1n) is 10.2. The highest BCUT2D eigenvalue weighted by molar-refractivity contribution is 6.30. The van der Waals surface area contributed by atoms with E-state index in [0.717, 1.165) is 33.8 Å². The molecule has 0 fully saturated rings. The zero-order valence-corrected chi connectivity index (χ0v) is 18.6. The van der Waals surface area contributed by atoms with Crippen molar-refractivity contribution in [2.45, 2.75) is 25.9 Å². The monoisotopic (exact) mass is 449 g/mol. The molecule has 7 nitrogen and oxygen atoms in total. The number of halogens is 1. The van der Waals surface area contributed by atoms with E-state index in [1.165, 1.54) is 6.07 Å². The Balaban J connectivity index is 1.59.